The molecule has 1 aromatic heterocycles. The molecule has 0 spiro atoms. The molecule has 0 bridgehead atoms. The Morgan fingerprint density at radius 1 is 1.19 bits per heavy atom. The van der Waals surface area contributed by atoms with Crippen LogP contribution in [0.25, 0.3) is 10.9 Å². The SMILES string of the molecule is COCCn1c(SCC(=O)c2cccc(Cl)c2)nc2cc(Cl)ccc2c1=O. The number of benzene rings is 2. The molecule has 3 rings (SSSR count). The van der Waals surface area contributed by atoms with Crippen LogP contribution in [0, 0.1) is 0 Å². The molecular weight excluding hydrogens is 407 g/mol. The highest BCUT2D eigenvalue weighted by Gasteiger charge is 2.14. The summed E-state index contributed by atoms with van der Waals surface area (Å²) in [5.74, 6) is 0.0347. The smallest absolute Gasteiger partial charge is 0.262 e. The van der Waals surface area contributed by atoms with Crippen molar-refractivity contribution in [1.82, 2.24) is 9.55 Å². The third-order valence-corrected chi connectivity index (χ3v) is 5.33. The number of methoxy groups -OCH3 is 1. The fourth-order valence-corrected chi connectivity index (χ4v) is 3.82. The van der Waals surface area contributed by atoms with Crippen molar-refractivity contribution in [3.8, 4) is 0 Å². The quantitative estimate of drug-likeness (QED) is 0.322. The van der Waals surface area contributed by atoms with E-state index in [1.54, 1.807) is 49.6 Å². The van der Waals surface area contributed by atoms with Crippen LogP contribution in [0.5, 0.6) is 0 Å². The highest BCUT2D eigenvalue weighted by Crippen LogP contribution is 2.22. The Kier molecular flexibility index (Phi) is 6.55. The number of ether oxygens (including phenoxy) is 1. The van der Waals surface area contributed by atoms with Crippen molar-refractivity contribution >= 4 is 51.6 Å². The van der Waals surface area contributed by atoms with Crippen LogP contribution in [-0.2, 0) is 11.3 Å². The Labute approximate surface area is 170 Å². The van der Waals surface area contributed by atoms with E-state index in [1.807, 2.05) is 0 Å². The van der Waals surface area contributed by atoms with Crippen molar-refractivity contribution in [3.05, 3.63) is 68.4 Å². The van der Waals surface area contributed by atoms with Gasteiger partial charge < -0.3 is 4.74 Å². The van der Waals surface area contributed by atoms with Gasteiger partial charge in [0.2, 0.25) is 0 Å². The molecule has 0 N–H and O–H groups in total. The minimum Gasteiger partial charge on any atom is -0.383 e. The maximum Gasteiger partial charge on any atom is 0.262 e. The second-order valence-electron chi connectivity index (χ2n) is 5.73. The van der Waals surface area contributed by atoms with Gasteiger partial charge in [-0.25, -0.2) is 4.98 Å². The lowest BCUT2D eigenvalue weighted by Gasteiger charge is -2.12. The summed E-state index contributed by atoms with van der Waals surface area (Å²) in [6, 6.07) is 11.7. The van der Waals surface area contributed by atoms with E-state index in [-0.39, 0.29) is 17.1 Å². The summed E-state index contributed by atoms with van der Waals surface area (Å²) < 4.78 is 6.62. The number of carbonyl (C=O) groups excluding carboxylic acids is 1. The Bertz CT molecular complexity index is 1050. The number of rotatable bonds is 7. The molecule has 0 atom stereocenters. The first-order valence-electron chi connectivity index (χ1n) is 8.10. The lowest BCUT2D eigenvalue weighted by Crippen LogP contribution is -2.25. The molecule has 0 aliphatic rings. The van der Waals surface area contributed by atoms with Gasteiger partial charge in [0.05, 0.1) is 29.8 Å². The Hall–Kier alpha value is -1.86. The molecule has 0 aliphatic heterocycles. The third kappa shape index (κ3) is 4.71. The van der Waals surface area contributed by atoms with Crippen molar-refractivity contribution in [1.29, 1.82) is 0 Å². The number of thioether (sulfide) groups is 1. The first kappa shape index (κ1) is 19.9. The topological polar surface area (TPSA) is 61.2 Å². The number of Topliss-reactive ketones (excluding diaryl/α,β-unsaturated/α-hetero) is 1. The monoisotopic (exact) mass is 422 g/mol. The van der Waals surface area contributed by atoms with Crippen LogP contribution in [0.4, 0.5) is 0 Å². The van der Waals surface area contributed by atoms with Gasteiger partial charge in [0.1, 0.15) is 0 Å². The normalized spacial score (nSPS) is 11.1. The number of hydrogen-bond acceptors (Lipinski definition) is 5. The summed E-state index contributed by atoms with van der Waals surface area (Å²) in [7, 11) is 1.56. The summed E-state index contributed by atoms with van der Waals surface area (Å²) in [5.41, 5.74) is 0.829. The second kappa shape index (κ2) is 8.89. The molecule has 0 fully saturated rings. The Morgan fingerprint density at radius 2 is 1.96 bits per heavy atom. The van der Waals surface area contributed by atoms with E-state index in [0.717, 1.165) is 0 Å². The molecule has 0 saturated heterocycles. The molecule has 5 nitrogen and oxygen atoms in total. The maximum atomic E-state index is 12.8. The number of aromatic nitrogens is 2. The fraction of sp³-hybridized carbons (Fsp3) is 0.211. The fourth-order valence-electron chi connectivity index (χ4n) is 2.54. The first-order valence-corrected chi connectivity index (χ1v) is 9.84. The van der Waals surface area contributed by atoms with Gasteiger partial charge >= 0.3 is 0 Å². The minimum atomic E-state index is -0.188. The van der Waals surface area contributed by atoms with Gasteiger partial charge in [0.25, 0.3) is 5.56 Å². The van der Waals surface area contributed by atoms with E-state index in [2.05, 4.69) is 4.98 Å². The minimum absolute atomic E-state index is 0.0961. The van der Waals surface area contributed by atoms with Gasteiger partial charge in [0, 0.05) is 22.7 Å². The maximum absolute atomic E-state index is 12.8. The van der Waals surface area contributed by atoms with Gasteiger partial charge in [-0.1, -0.05) is 47.1 Å². The zero-order valence-electron chi connectivity index (χ0n) is 14.4. The van der Waals surface area contributed by atoms with Crippen molar-refractivity contribution in [2.45, 2.75) is 11.7 Å². The first-order chi connectivity index (χ1) is 13.0. The van der Waals surface area contributed by atoms with E-state index in [9.17, 15) is 9.59 Å². The van der Waals surface area contributed by atoms with Crippen LogP contribution in [0.1, 0.15) is 10.4 Å². The number of halogens is 2. The molecule has 140 valence electrons. The van der Waals surface area contributed by atoms with Crippen LogP contribution in [-0.4, -0.2) is 34.8 Å². The zero-order chi connectivity index (χ0) is 19.4. The van der Waals surface area contributed by atoms with Gasteiger partial charge in [0.15, 0.2) is 10.9 Å². The van der Waals surface area contributed by atoms with Crippen LogP contribution < -0.4 is 5.56 Å². The molecule has 1 heterocycles. The largest absolute Gasteiger partial charge is 0.383 e. The van der Waals surface area contributed by atoms with E-state index < -0.39 is 0 Å². The molecule has 27 heavy (non-hydrogen) atoms. The van der Waals surface area contributed by atoms with Crippen molar-refractivity contribution in [3.63, 3.8) is 0 Å². The number of hydrogen-bond donors (Lipinski definition) is 0. The highest BCUT2D eigenvalue weighted by molar-refractivity contribution is 7.99. The Morgan fingerprint density at radius 3 is 2.70 bits per heavy atom. The number of carbonyl (C=O) groups is 1. The molecule has 0 amide bonds. The summed E-state index contributed by atoms with van der Waals surface area (Å²) in [6.07, 6.45) is 0. The van der Waals surface area contributed by atoms with Gasteiger partial charge in [-0.3, -0.25) is 14.2 Å². The summed E-state index contributed by atoms with van der Waals surface area (Å²) in [6.45, 7) is 0.699. The van der Waals surface area contributed by atoms with Gasteiger partial charge in [-0.15, -0.1) is 0 Å². The highest BCUT2D eigenvalue weighted by atomic mass is 35.5. The summed E-state index contributed by atoms with van der Waals surface area (Å²) in [4.78, 5) is 29.8. The predicted octanol–water partition coefficient (Wildman–Crippen LogP) is 4.32. The number of ketones is 1. The Balaban J connectivity index is 1.93. The molecule has 3 aromatic rings. The second-order valence-corrected chi connectivity index (χ2v) is 7.54. The lowest BCUT2D eigenvalue weighted by atomic mass is 10.1. The summed E-state index contributed by atoms with van der Waals surface area (Å²) in [5, 5.41) is 1.92. The molecule has 0 radical (unpaired) electrons. The van der Waals surface area contributed by atoms with Crippen molar-refractivity contribution < 1.29 is 9.53 Å². The lowest BCUT2D eigenvalue weighted by molar-refractivity contribution is 0.102. The molecule has 2 aromatic carbocycles. The molecule has 8 heteroatoms. The van der Waals surface area contributed by atoms with Gasteiger partial charge in [-0.2, -0.15) is 0 Å². The number of nitrogens with zero attached hydrogens (tertiary/aromatic N) is 2. The van der Waals surface area contributed by atoms with E-state index in [0.29, 0.717) is 44.8 Å². The summed E-state index contributed by atoms with van der Waals surface area (Å²) >= 11 is 13.2. The van der Waals surface area contributed by atoms with Crippen LogP contribution in [0.15, 0.2) is 52.4 Å². The molecule has 0 unspecified atom stereocenters. The van der Waals surface area contributed by atoms with Crippen molar-refractivity contribution in [2.24, 2.45) is 0 Å². The standard InChI is InChI=1S/C19H16Cl2N2O3S/c1-26-8-7-23-18(25)15-6-5-14(21)10-16(15)22-19(23)27-11-17(24)12-3-2-4-13(20)9-12/h2-6,9-10H,7-8,11H2,1H3. The van der Waals surface area contributed by atoms with Crippen LogP contribution in [0.2, 0.25) is 10.0 Å². The number of fused-ring (bicyclic) bond motifs is 1. The van der Waals surface area contributed by atoms with Gasteiger partial charge in [-0.05, 0) is 30.3 Å². The molecule has 0 aliphatic carbocycles. The molecular formula is C19H16Cl2N2O3S. The average Bonchev–Trinajstić information content (AvgIpc) is 2.65. The van der Waals surface area contributed by atoms with Crippen LogP contribution in [0.3, 0.4) is 0 Å². The predicted molar refractivity (Wildman–Crippen MR) is 109 cm³/mol. The van der Waals surface area contributed by atoms with E-state index in [1.165, 1.54) is 16.3 Å². The van der Waals surface area contributed by atoms with Crippen molar-refractivity contribution in [2.75, 3.05) is 19.5 Å². The van der Waals surface area contributed by atoms with E-state index in [4.69, 9.17) is 27.9 Å². The zero-order valence-corrected chi connectivity index (χ0v) is 16.8. The van der Waals surface area contributed by atoms with E-state index >= 15 is 0 Å². The van der Waals surface area contributed by atoms with Crippen LogP contribution >= 0.6 is 35.0 Å². The molecule has 0 saturated carbocycles. The third-order valence-electron chi connectivity index (χ3n) is 3.88. The average molecular weight is 423 g/mol.